The number of ether oxygens (including phenoxy) is 1. The summed E-state index contributed by atoms with van der Waals surface area (Å²) in [6.07, 6.45) is 8.05. The Kier molecular flexibility index (Phi) is 10.4. The van der Waals surface area contributed by atoms with Gasteiger partial charge in [-0.1, -0.05) is 18.6 Å². The van der Waals surface area contributed by atoms with Crippen LogP contribution in [0, 0.1) is 5.92 Å². The van der Waals surface area contributed by atoms with E-state index >= 15 is 0 Å². The van der Waals surface area contributed by atoms with Gasteiger partial charge in [-0.3, -0.25) is 9.89 Å². The summed E-state index contributed by atoms with van der Waals surface area (Å²) in [5.41, 5.74) is 1.33. The van der Waals surface area contributed by atoms with Gasteiger partial charge in [-0.2, -0.15) is 0 Å². The molecule has 3 aliphatic rings. The number of hydrogen-bond acceptors (Lipinski definition) is 4. The Morgan fingerprint density at radius 2 is 1.81 bits per heavy atom. The van der Waals surface area contributed by atoms with E-state index in [1.54, 1.807) is 7.11 Å². The second kappa shape index (κ2) is 13.0. The van der Waals surface area contributed by atoms with Crippen LogP contribution >= 0.6 is 24.0 Å². The first kappa shape index (κ1) is 25.6. The average molecular weight is 556 g/mol. The topological polar surface area (TPSA) is 52.1 Å². The Morgan fingerprint density at radius 3 is 2.47 bits per heavy atom. The summed E-state index contributed by atoms with van der Waals surface area (Å²) < 4.78 is 5.37. The van der Waals surface area contributed by atoms with Gasteiger partial charge in [-0.25, -0.2) is 0 Å². The Balaban J connectivity index is 0.00000289. The van der Waals surface area contributed by atoms with Gasteiger partial charge < -0.3 is 20.3 Å². The van der Waals surface area contributed by atoms with Gasteiger partial charge in [0.25, 0.3) is 0 Å². The molecule has 0 spiro atoms. The predicted molar refractivity (Wildman–Crippen MR) is 143 cm³/mol. The maximum Gasteiger partial charge on any atom is 0.191 e. The van der Waals surface area contributed by atoms with E-state index < -0.39 is 0 Å². The van der Waals surface area contributed by atoms with E-state index in [4.69, 9.17) is 9.73 Å². The lowest BCUT2D eigenvalue weighted by molar-refractivity contribution is 0.167. The van der Waals surface area contributed by atoms with Gasteiger partial charge in [0.05, 0.1) is 19.7 Å². The quantitative estimate of drug-likeness (QED) is 0.275. The number of nitrogens with one attached hydrogen (secondary N) is 2. The van der Waals surface area contributed by atoms with Crippen LogP contribution in [-0.2, 0) is 0 Å². The lowest BCUT2D eigenvalue weighted by atomic mass is 10.0. The van der Waals surface area contributed by atoms with Gasteiger partial charge in [0, 0.05) is 25.7 Å². The Morgan fingerprint density at radius 1 is 1.06 bits per heavy atom. The number of benzene rings is 1. The lowest BCUT2D eigenvalue weighted by Crippen LogP contribution is -2.41. The van der Waals surface area contributed by atoms with Gasteiger partial charge in [0.2, 0.25) is 0 Å². The van der Waals surface area contributed by atoms with Crippen LogP contribution in [0.1, 0.15) is 57.1 Å². The summed E-state index contributed by atoms with van der Waals surface area (Å²) in [7, 11) is 1.73. The van der Waals surface area contributed by atoms with Gasteiger partial charge >= 0.3 is 0 Å². The molecule has 6 nitrogen and oxygen atoms in total. The van der Waals surface area contributed by atoms with Crippen molar-refractivity contribution in [3.63, 3.8) is 0 Å². The van der Waals surface area contributed by atoms with Crippen LogP contribution in [0.2, 0.25) is 0 Å². The number of likely N-dealkylation sites (tertiary alicyclic amines) is 2. The van der Waals surface area contributed by atoms with E-state index in [0.717, 1.165) is 56.4 Å². The number of guanidine groups is 1. The molecule has 1 aromatic carbocycles. The van der Waals surface area contributed by atoms with E-state index in [-0.39, 0.29) is 24.0 Å². The predicted octanol–water partition coefficient (Wildman–Crippen LogP) is 3.88. The second-order valence-corrected chi connectivity index (χ2v) is 9.37. The molecule has 2 aliphatic heterocycles. The van der Waals surface area contributed by atoms with Crippen LogP contribution in [0.15, 0.2) is 29.3 Å². The number of halogens is 1. The van der Waals surface area contributed by atoms with Crippen LogP contribution in [-0.4, -0.2) is 74.7 Å². The number of rotatable bonds is 9. The first-order valence-corrected chi connectivity index (χ1v) is 12.4. The van der Waals surface area contributed by atoms with Gasteiger partial charge in [0.15, 0.2) is 5.96 Å². The molecule has 2 atom stereocenters. The van der Waals surface area contributed by atoms with Gasteiger partial charge in [0.1, 0.15) is 5.75 Å². The van der Waals surface area contributed by atoms with Crippen LogP contribution in [0.3, 0.4) is 0 Å². The number of piperidine rings is 1. The Labute approximate surface area is 211 Å². The molecule has 1 aromatic rings. The molecule has 2 saturated heterocycles. The van der Waals surface area contributed by atoms with Crippen molar-refractivity contribution >= 4 is 29.9 Å². The summed E-state index contributed by atoms with van der Waals surface area (Å²) in [6, 6.07) is 9.77. The number of methoxy groups -OCH3 is 1. The summed E-state index contributed by atoms with van der Waals surface area (Å²) in [6.45, 7) is 9.68. The Hall–Kier alpha value is -1.06. The number of nitrogens with zero attached hydrogens (tertiary/aromatic N) is 3. The van der Waals surface area contributed by atoms with E-state index in [2.05, 4.69) is 51.6 Å². The standard InChI is InChI=1S/C25H41N5O.HI/c1-3-26-25(27-17-20-13-16-30(19-20)22-9-10-22)28-18-24(29-14-5-4-6-15-29)21-7-11-23(31-2)12-8-21;/h7-8,11-12,20,22,24H,3-6,9-10,13-19H2,1-2H3,(H2,26,27,28);1H. The van der Waals surface area contributed by atoms with E-state index in [1.165, 1.54) is 57.2 Å². The van der Waals surface area contributed by atoms with Crippen molar-refractivity contribution < 1.29 is 4.74 Å². The Bertz CT molecular complexity index is 703. The SMILES string of the molecule is CCNC(=NCC(c1ccc(OC)cc1)N1CCCCC1)NCC1CCN(C2CC2)C1.I. The van der Waals surface area contributed by atoms with Crippen molar-refractivity contribution in [3.8, 4) is 5.75 Å². The molecule has 7 heteroatoms. The van der Waals surface area contributed by atoms with E-state index in [1.807, 2.05) is 0 Å². The minimum Gasteiger partial charge on any atom is -0.497 e. The highest BCUT2D eigenvalue weighted by molar-refractivity contribution is 14.0. The van der Waals surface area contributed by atoms with Crippen LogP contribution < -0.4 is 15.4 Å². The lowest BCUT2D eigenvalue weighted by Gasteiger charge is -2.34. The molecule has 1 saturated carbocycles. The minimum atomic E-state index is 0. The average Bonchev–Trinajstić information content (AvgIpc) is 3.56. The normalized spacial score (nSPS) is 23.4. The van der Waals surface area contributed by atoms with Crippen LogP contribution in [0.5, 0.6) is 5.75 Å². The molecule has 2 N–H and O–H groups in total. The third-order valence-electron chi connectivity index (χ3n) is 7.04. The molecule has 0 radical (unpaired) electrons. The van der Waals surface area contributed by atoms with Gasteiger partial charge in [-0.15, -0.1) is 24.0 Å². The van der Waals surface area contributed by atoms with Crippen molar-refractivity contribution in [1.82, 2.24) is 20.4 Å². The fourth-order valence-corrected chi connectivity index (χ4v) is 5.05. The molecule has 0 bridgehead atoms. The fraction of sp³-hybridized carbons (Fsp3) is 0.720. The summed E-state index contributed by atoms with van der Waals surface area (Å²) in [4.78, 5) is 10.3. The molecule has 180 valence electrons. The maximum absolute atomic E-state index is 5.37. The zero-order valence-corrected chi connectivity index (χ0v) is 22.2. The summed E-state index contributed by atoms with van der Waals surface area (Å²) in [5, 5.41) is 7.11. The molecule has 2 heterocycles. The third-order valence-corrected chi connectivity index (χ3v) is 7.04. The van der Waals surface area contributed by atoms with Crippen LogP contribution in [0.25, 0.3) is 0 Å². The highest BCUT2D eigenvalue weighted by atomic mass is 127. The van der Waals surface area contributed by atoms with E-state index in [9.17, 15) is 0 Å². The molecule has 2 unspecified atom stereocenters. The van der Waals surface area contributed by atoms with Crippen molar-refractivity contribution in [2.75, 3.05) is 52.9 Å². The number of hydrogen-bond donors (Lipinski definition) is 2. The smallest absolute Gasteiger partial charge is 0.191 e. The van der Waals surface area contributed by atoms with Crippen molar-refractivity contribution in [1.29, 1.82) is 0 Å². The molecule has 32 heavy (non-hydrogen) atoms. The monoisotopic (exact) mass is 555 g/mol. The molecule has 1 aliphatic carbocycles. The zero-order valence-electron chi connectivity index (χ0n) is 19.9. The fourth-order valence-electron chi connectivity index (χ4n) is 5.05. The molecule has 0 amide bonds. The number of aliphatic imine (C=N–C) groups is 1. The summed E-state index contributed by atoms with van der Waals surface area (Å²) in [5.74, 6) is 2.61. The maximum atomic E-state index is 5.37. The van der Waals surface area contributed by atoms with Crippen LogP contribution in [0.4, 0.5) is 0 Å². The molecular formula is C25H42IN5O. The highest BCUT2D eigenvalue weighted by Crippen LogP contribution is 2.31. The molecular weight excluding hydrogens is 513 g/mol. The van der Waals surface area contributed by atoms with E-state index in [0.29, 0.717) is 6.04 Å². The molecule has 3 fully saturated rings. The first-order valence-electron chi connectivity index (χ1n) is 12.4. The zero-order chi connectivity index (χ0) is 21.5. The van der Waals surface area contributed by atoms with Crippen molar-refractivity contribution in [3.05, 3.63) is 29.8 Å². The highest BCUT2D eigenvalue weighted by Gasteiger charge is 2.34. The van der Waals surface area contributed by atoms with Gasteiger partial charge in [-0.05, 0) is 82.3 Å². The third kappa shape index (κ3) is 7.22. The first-order chi connectivity index (χ1) is 15.3. The molecule has 4 rings (SSSR count). The van der Waals surface area contributed by atoms with Crippen molar-refractivity contribution in [2.24, 2.45) is 10.9 Å². The van der Waals surface area contributed by atoms with Crippen molar-refractivity contribution in [2.45, 2.75) is 57.5 Å². The second-order valence-electron chi connectivity index (χ2n) is 9.37. The summed E-state index contributed by atoms with van der Waals surface area (Å²) >= 11 is 0. The minimum absolute atomic E-state index is 0. The largest absolute Gasteiger partial charge is 0.497 e. The molecule has 0 aromatic heterocycles.